The molecule has 128 valence electrons. The Morgan fingerprint density at radius 1 is 1.62 bits per heavy atom. The molecule has 0 aromatic heterocycles. The van der Waals surface area contributed by atoms with Gasteiger partial charge in [0.25, 0.3) is 0 Å². The van der Waals surface area contributed by atoms with Crippen LogP contribution in [0.15, 0.2) is 30.9 Å². The molecule has 1 heterocycles. The second-order valence-corrected chi connectivity index (χ2v) is 6.03. The van der Waals surface area contributed by atoms with Gasteiger partial charge in [-0.25, -0.2) is 0 Å². The number of rotatable bonds is 7. The molecule has 0 radical (unpaired) electrons. The van der Waals surface area contributed by atoms with Crippen molar-refractivity contribution in [3.8, 4) is 11.8 Å². The highest BCUT2D eigenvalue weighted by Gasteiger charge is 2.25. The summed E-state index contributed by atoms with van der Waals surface area (Å²) in [7, 11) is 1.56. The highest BCUT2D eigenvalue weighted by molar-refractivity contribution is 5.87. The van der Waals surface area contributed by atoms with E-state index < -0.39 is 0 Å². The maximum Gasteiger partial charge on any atom is 0.246 e. The lowest BCUT2D eigenvalue weighted by Crippen LogP contribution is -2.39. The van der Waals surface area contributed by atoms with E-state index in [1.54, 1.807) is 24.1 Å². The van der Waals surface area contributed by atoms with Crippen molar-refractivity contribution in [2.24, 2.45) is 0 Å². The van der Waals surface area contributed by atoms with Gasteiger partial charge in [0.15, 0.2) is 0 Å². The highest BCUT2D eigenvalue weighted by Crippen LogP contribution is 2.25. The normalized spacial score (nSPS) is 17.8. The number of amides is 1. The first-order chi connectivity index (χ1) is 11.6. The first-order valence-corrected chi connectivity index (χ1v) is 8.20. The smallest absolute Gasteiger partial charge is 0.246 e. The van der Waals surface area contributed by atoms with Gasteiger partial charge >= 0.3 is 0 Å². The second kappa shape index (κ2) is 8.51. The molecule has 1 aromatic rings. The number of ether oxygens (including phenoxy) is 2. The van der Waals surface area contributed by atoms with Gasteiger partial charge in [0.1, 0.15) is 5.75 Å². The average molecular weight is 328 g/mol. The summed E-state index contributed by atoms with van der Waals surface area (Å²) in [6.45, 7) is 6.85. The third kappa shape index (κ3) is 4.36. The van der Waals surface area contributed by atoms with Gasteiger partial charge in [-0.1, -0.05) is 12.6 Å². The largest absolute Gasteiger partial charge is 0.496 e. The Hall–Kier alpha value is -2.32. The molecule has 2 rings (SSSR count). The fourth-order valence-corrected chi connectivity index (χ4v) is 3.03. The van der Waals surface area contributed by atoms with Crippen LogP contribution in [0.4, 0.5) is 0 Å². The summed E-state index contributed by atoms with van der Waals surface area (Å²) in [6, 6.07) is 7.38. The Morgan fingerprint density at radius 3 is 3.00 bits per heavy atom. The molecule has 2 unspecified atom stereocenters. The summed E-state index contributed by atoms with van der Waals surface area (Å²) >= 11 is 0. The molecule has 1 saturated heterocycles. The second-order valence-electron chi connectivity index (χ2n) is 6.03. The maximum absolute atomic E-state index is 12.3. The molecule has 1 aliphatic heterocycles. The van der Waals surface area contributed by atoms with Crippen molar-refractivity contribution in [2.75, 3.05) is 13.7 Å². The van der Waals surface area contributed by atoms with Crippen LogP contribution in [0, 0.1) is 11.3 Å². The third-order valence-corrected chi connectivity index (χ3v) is 4.37. The van der Waals surface area contributed by atoms with Crippen LogP contribution < -0.4 is 4.74 Å². The Kier molecular flexibility index (Phi) is 6.39. The zero-order valence-corrected chi connectivity index (χ0v) is 14.3. The molecule has 5 nitrogen and oxygen atoms in total. The van der Waals surface area contributed by atoms with Crippen molar-refractivity contribution in [1.29, 1.82) is 5.26 Å². The molecule has 1 aliphatic rings. The van der Waals surface area contributed by atoms with Crippen molar-refractivity contribution < 1.29 is 14.3 Å². The first-order valence-electron chi connectivity index (χ1n) is 8.20. The lowest BCUT2D eigenvalue weighted by Gasteiger charge is -2.30. The van der Waals surface area contributed by atoms with Gasteiger partial charge in [-0.05, 0) is 44.4 Å². The summed E-state index contributed by atoms with van der Waals surface area (Å²) in [5.41, 5.74) is 1.40. The monoisotopic (exact) mass is 328 g/mol. The standard InChI is InChI=1S/C19H24N2O3/c1-4-19(22)21(14(2)10-17-6-5-9-24-17)13-16-8-7-15(12-20)11-18(16)23-3/h4,7-8,11,14,17H,1,5-6,9-10,13H2,2-3H3. The number of hydrogen-bond acceptors (Lipinski definition) is 4. The zero-order valence-electron chi connectivity index (χ0n) is 14.3. The van der Waals surface area contributed by atoms with Crippen LogP contribution in [0.5, 0.6) is 5.75 Å². The molecule has 0 spiro atoms. The average Bonchev–Trinajstić information content (AvgIpc) is 3.11. The summed E-state index contributed by atoms with van der Waals surface area (Å²) in [6.07, 6.45) is 4.47. The van der Waals surface area contributed by atoms with E-state index >= 15 is 0 Å². The van der Waals surface area contributed by atoms with E-state index in [1.165, 1.54) is 6.08 Å². The van der Waals surface area contributed by atoms with Gasteiger partial charge in [0, 0.05) is 24.8 Å². The molecule has 24 heavy (non-hydrogen) atoms. The van der Waals surface area contributed by atoms with Crippen LogP contribution in [-0.2, 0) is 16.1 Å². The molecule has 0 N–H and O–H groups in total. The summed E-state index contributed by atoms with van der Waals surface area (Å²) in [5.74, 6) is 0.493. The minimum Gasteiger partial charge on any atom is -0.496 e. The highest BCUT2D eigenvalue weighted by atomic mass is 16.5. The number of carbonyl (C=O) groups is 1. The molecule has 5 heteroatoms. The van der Waals surface area contributed by atoms with Crippen molar-refractivity contribution in [2.45, 2.75) is 44.9 Å². The molecular weight excluding hydrogens is 304 g/mol. The van der Waals surface area contributed by atoms with Crippen LogP contribution in [-0.4, -0.2) is 36.7 Å². The molecule has 1 fully saturated rings. The molecule has 1 aromatic carbocycles. The van der Waals surface area contributed by atoms with Gasteiger partial charge in [0.05, 0.1) is 24.8 Å². The lowest BCUT2D eigenvalue weighted by molar-refractivity contribution is -0.129. The van der Waals surface area contributed by atoms with E-state index in [-0.39, 0.29) is 18.1 Å². The molecule has 0 saturated carbocycles. The molecule has 0 aliphatic carbocycles. The van der Waals surface area contributed by atoms with Gasteiger partial charge in [-0.3, -0.25) is 4.79 Å². The van der Waals surface area contributed by atoms with Crippen LogP contribution in [0.1, 0.15) is 37.3 Å². The fraction of sp³-hybridized carbons (Fsp3) is 0.474. The van der Waals surface area contributed by atoms with Crippen molar-refractivity contribution in [3.63, 3.8) is 0 Å². The maximum atomic E-state index is 12.3. The van der Waals surface area contributed by atoms with E-state index in [0.29, 0.717) is 17.9 Å². The number of benzene rings is 1. The predicted molar refractivity (Wildman–Crippen MR) is 91.5 cm³/mol. The Morgan fingerprint density at radius 2 is 2.42 bits per heavy atom. The fourth-order valence-electron chi connectivity index (χ4n) is 3.03. The minimum absolute atomic E-state index is 0.0268. The van der Waals surface area contributed by atoms with Crippen LogP contribution >= 0.6 is 0 Å². The number of hydrogen-bond donors (Lipinski definition) is 0. The number of methoxy groups -OCH3 is 1. The summed E-state index contributed by atoms with van der Waals surface area (Å²) in [4.78, 5) is 14.1. The zero-order chi connectivity index (χ0) is 17.5. The van der Waals surface area contributed by atoms with Crippen molar-refractivity contribution >= 4 is 5.91 Å². The molecule has 2 atom stereocenters. The Bertz CT molecular complexity index is 630. The SMILES string of the molecule is C=CC(=O)N(Cc1ccc(C#N)cc1OC)C(C)CC1CCCO1. The lowest BCUT2D eigenvalue weighted by atomic mass is 10.0. The van der Waals surface area contributed by atoms with Gasteiger partial charge in [-0.15, -0.1) is 0 Å². The van der Waals surface area contributed by atoms with Gasteiger partial charge in [0.2, 0.25) is 5.91 Å². The first kappa shape index (κ1) is 18.0. The summed E-state index contributed by atoms with van der Waals surface area (Å²) < 4.78 is 11.1. The van der Waals surface area contributed by atoms with E-state index in [0.717, 1.165) is 31.4 Å². The molecule has 1 amide bonds. The number of nitriles is 1. The molecular formula is C19H24N2O3. The summed E-state index contributed by atoms with van der Waals surface area (Å²) in [5, 5.41) is 9.01. The van der Waals surface area contributed by atoms with Crippen molar-refractivity contribution in [3.05, 3.63) is 42.0 Å². The van der Waals surface area contributed by atoms with E-state index in [4.69, 9.17) is 14.7 Å². The topological polar surface area (TPSA) is 62.6 Å². The van der Waals surface area contributed by atoms with Gasteiger partial charge < -0.3 is 14.4 Å². The Labute approximate surface area is 143 Å². The van der Waals surface area contributed by atoms with Crippen LogP contribution in [0.25, 0.3) is 0 Å². The van der Waals surface area contributed by atoms with Crippen LogP contribution in [0.3, 0.4) is 0 Å². The Balaban J connectivity index is 2.17. The van der Waals surface area contributed by atoms with E-state index in [2.05, 4.69) is 12.6 Å². The molecule has 0 bridgehead atoms. The number of carbonyl (C=O) groups excluding carboxylic acids is 1. The van der Waals surface area contributed by atoms with Crippen molar-refractivity contribution in [1.82, 2.24) is 4.90 Å². The quantitative estimate of drug-likeness (QED) is 0.722. The predicted octanol–water partition coefficient (Wildman–Crippen LogP) is 3.04. The van der Waals surface area contributed by atoms with Gasteiger partial charge in [-0.2, -0.15) is 5.26 Å². The van der Waals surface area contributed by atoms with Crippen LogP contribution in [0.2, 0.25) is 0 Å². The number of nitrogens with zero attached hydrogens (tertiary/aromatic N) is 2. The van der Waals surface area contributed by atoms with E-state index in [9.17, 15) is 4.79 Å². The van der Waals surface area contributed by atoms with E-state index in [1.807, 2.05) is 13.0 Å². The third-order valence-electron chi connectivity index (χ3n) is 4.37. The minimum atomic E-state index is -0.119.